The van der Waals surface area contributed by atoms with Crippen LogP contribution in [-0.4, -0.2) is 11.4 Å². The zero-order chi connectivity index (χ0) is 12.5. The van der Waals surface area contributed by atoms with Gasteiger partial charge in [0.25, 0.3) is 5.91 Å². The molecular weight excluding hydrogens is 327 g/mol. The van der Waals surface area contributed by atoms with Crippen molar-refractivity contribution in [3.8, 4) is 0 Å². The monoisotopic (exact) mass is 339 g/mol. The van der Waals surface area contributed by atoms with Gasteiger partial charge >= 0.3 is 0 Å². The number of nitrogens with one attached hydrogen (secondary N) is 1. The minimum absolute atomic E-state index is 0.220. The third kappa shape index (κ3) is 3.13. The van der Waals surface area contributed by atoms with Crippen molar-refractivity contribution in [3.63, 3.8) is 0 Å². The van der Waals surface area contributed by atoms with E-state index >= 15 is 0 Å². The molecule has 1 N–H and O–H groups in total. The van der Waals surface area contributed by atoms with Gasteiger partial charge in [0.05, 0.1) is 0 Å². The largest absolute Gasteiger partial charge is 0.347 e. The average molecular weight is 339 g/mol. The van der Waals surface area contributed by atoms with E-state index in [2.05, 4.69) is 5.32 Å². The molecule has 0 aliphatic carbocycles. The smallest absolute Gasteiger partial charge is 0.257 e. The Morgan fingerprint density at radius 3 is 2.38 bits per heavy atom. The van der Waals surface area contributed by atoms with Gasteiger partial charge in [0.2, 0.25) is 0 Å². The summed E-state index contributed by atoms with van der Waals surface area (Å²) < 4.78 is 27.2. The maximum atomic E-state index is 13.6. The van der Waals surface area contributed by atoms with Crippen molar-refractivity contribution in [2.24, 2.45) is 0 Å². The molecule has 0 unspecified atom stereocenters. The molecule has 0 aliphatic heterocycles. The van der Waals surface area contributed by atoms with E-state index in [-0.39, 0.29) is 3.57 Å². The van der Waals surface area contributed by atoms with E-state index in [4.69, 9.17) is 0 Å². The minimum Gasteiger partial charge on any atom is -0.347 e. The number of halogens is 3. The average Bonchev–Trinajstić information content (AvgIpc) is 2.09. The van der Waals surface area contributed by atoms with Crippen LogP contribution in [0.25, 0.3) is 0 Å². The topological polar surface area (TPSA) is 29.1 Å². The second-order valence-electron chi connectivity index (χ2n) is 4.42. The van der Waals surface area contributed by atoms with Crippen molar-refractivity contribution in [1.82, 2.24) is 5.32 Å². The van der Waals surface area contributed by atoms with Crippen molar-refractivity contribution in [1.29, 1.82) is 0 Å². The second kappa shape index (κ2) is 4.65. The lowest BCUT2D eigenvalue weighted by molar-refractivity contribution is 0.0910. The molecule has 0 bridgehead atoms. The molecule has 1 aromatic carbocycles. The molecule has 2 nitrogen and oxygen atoms in total. The zero-order valence-electron chi connectivity index (χ0n) is 9.20. The van der Waals surface area contributed by atoms with Gasteiger partial charge in [-0.05, 0) is 55.5 Å². The van der Waals surface area contributed by atoms with Gasteiger partial charge in [-0.15, -0.1) is 0 Å². The Bertz CT molecular complexity index is 427. The molecule has 1 amide bonds. The molecule has 1 rings (SSSR count). The highest BCUT2D eigenvalue weighted by Crippen LogP contribution is 2.19. The first-order chi connectivity index (χ1) is 7.22. The molecule has 0 heterocycles. The molecule has 5 heteroatoms. The zero-order valence-corrected chi connectivity index (χ0v) is 11.4. The molecule has 0 aliphatic rings. The fourth-order valence-corrected chi connectivity index (χ4v) is 1.59. The van der Waals surface area contributed by atoms with E-state index < -0.39 is 28.6 Å². The first-order valence-corrected chi connectivity index (χ1v) is 5.76. The molecule has 16 heavy (non-hydrogen) atoms. The Morgan fingerprint density at radius 1 is 1.31 bits per heavy atom. The van der Waals surface area contributed by atoms with Crippen LogP contribution in [0.4, 0.5) is 8.78 Å². The maximum Gasteiger partial charge on any atom is 0.257 e. The van der Waals surface area contributed by atoms with Crippen LogP contribution in [0.5, 0.6) is 0 Å². The summed E-state index contributed by atoms with van der Waals surface area (Å²) in [5, 5.41) is 2.52. The highest BCUT2D eigenvalue weighted by Gasteiger charge is 2.23. The summed E-state index contributed by atoms with van der Waals surface area (Å²) in [5.74, 6) is -2.40. The molecule has 0 radical (unpaired) electrons. The van der Waals surface area contributed by atoms with Crippen molar-refractivity contribution < 1.29 is 13.6 Å². The van der Waals surface area contributed by atoms with Crippen LogP contribution < -0.4 is 5.32 Å². The fraction of sp³-hybridized carbons (Fsp3) is 0.364. The Balaban J connectivity index is 3.14. The van der Waals surface area contributed by atoms with E-state index in [1.807, 2.05) is 0 Å². The van der Waals surface area contributed by atoms with E-state index in [0.717, 1.165) is 6.07 Å². The Labute approximate surface area is 107 Å². The fourth-order valence-electron chi connectivity index (χ4n) is 1.14. The number of carbonyl (C=O) groups excluding carboxylic acids is 1. The summed E-state index contributed by atoms with van der Waals surface area (Å²) in [7, 11) is 0. The van der Waals surface area contributed by atoms with E-state index in [1.165, 1.54) is 6.07 Å². The van der Waals surface area contributed by atoms with Crippen molar-refractivity contribution in [2.75, 3.05) is 0 Å². The lowest BCUT2D eigenvalue weighted by Crippen LogP contribution is -2.41. The van der Waals surface area contributed by atoms with Crippen LogP contribution in [0.15, 0.2) is 12.1 Å². The maximum absolute atomic E-state index is 13.6. The lowest BCUT2D eigenvalue weighted by Gasteiger charge is -2.20. The Kier molecular flexibility index (Phi) is 3.88. The minimum atomic E-state index is -0.848. The summed E-state index contributed by atoms with van der Waals surface area (Å²) in [4.78, 5) is 11.7. The number of amides is 1. The van der Waals surface area contributed by atoms with Crippen molar-refractivity contribution >= 4 is 28.5 Å². The molecule has 0 atom stereocenters. The molecule has 1 aromatic rings. The van der Waals surface area contributed by atoms with Gasteiger partial charge in [0, 0.05) is 9.11 Å². The molecule has 88 valence electrons. The van der Waals surface area contributed by atoms with Crippen molar-refractivity contribution in [3.05, 3.63) is 32.9 Å². The normalized spacial score (nSPS) is 11.4. The van der Waals surface area contributed by atoms with Gasteiger partial charge < -0.3 is 5.32 Å². The molecular formula is C11H12F2INO. The third-order valence-electron chi connectivity index (χ3n) is 1.76. The molecule has 0 saturated heterocycles. The lowest BCUT2D eigenvalue weighted by atomic mass is 10.1. The van der Waals surface area contributed by atoms with Gasteiger partial charge in [0.1, 0.15) is 11.4 Å². The van der Waals surface area contributed by atoms with Crippen LogP contribution in [0.1, 0.15) is 31.1 Å². The third-order valence-corrected chi connectivity index (χ3v) is 2.59. The first-order valence-electron chi connectivity index (χ1n) is 4.68. The van der Waals surface area contributed by atoms with Crippen molar-refractivity contribution in [2.45, 2.75) is 26.3 Å². The van der Waals surface area contributed by atoms with Gasteiger partial charge in [0.15, 0.2) is 5.82 Å². The summed E-state index contributed by atoms with van der Waals surface area (Å²) in [6.07, 6.45) is 0. The number of rotatable bonds is 1. The van der Waals surface area contributed by atoms with Crippen LogP contribution >= 0.6 is 22.6 Å². The number of hydrogen-bond donors (Lipinski definition) is 1. The Morgan fingerprint density at radius 2 is 1.88 bits per heavy atom. The second-order valence-corrected chi connectivity index (χ2v) is 5.58. The van der Waals surface area contributed by atoms with Gasteiger partial charge in [-0.3, -0.25) is 4.79 Å². The Hall–Kier alpha value is -0.720. The molecule has 0 saturated carbocycles. The van der Waals surface area contributed by atoms with Crippen LogP contribution in [-0.2, 0) is 0 Å². The van der Waals surface area contributed by atoms with E-state index in [1.54, 1.807) is 43.4 Å². The quantitative estimate of drug-likeness (QED) is 0.618. The summed E-state index contributed by atoms with van der Waals surface area (Å²) >= 11 is 1.72. The predicted octanol–water partition coefficient (Wildman–Crippen LogP) is 3.10. The summed E-state index contributed by atoms with van der Waals surface area (Å²) in [6, 6.07) is 2.38. The van der Waals surface area contributed by atoms with Crippen LogP contribution in [0, 0.1) is 15.2 Å². The highest BCUT2D eigenvalue weighted by molar-refractivity contribution is 14.1. The summed E-state index contributed by atoms with van der Waals surface area (Å²) in [5.41, 5.74) is -1.06. The predicted molar refractivity (Wildman–Crippen MR) is 66.3 cm³/mol. The van der Waals surface area contributed by atoms with Gasteiger partial charge in [-0.25, -0.2) is 8.78 Å². The standard InChI is InChI=1S/C11H12F2INO/c1-11(2,3)15-10(16)8-6(12)4-5-7(14)9(8)13/h4-5H,1-3H3,(H,15,16). The number of hydrogen-bond acceptors (Lipinski definition) is 1. The number of benzene rings is 1. The van der Waals surface area contributed by atoms with Gasteiger partial charge in [-0.1, -0.05) is 0 Å². The van der Waals surface area contributed by atoms with Gasteiger partial charge in [-0.2, -0.15) is 0 Å². The van der Waals surface area contributed by atoms with E-state index in [9.17, 15) is 13.6 Å². The summed E-state index contributed by atoms with van der Waals surface area (Å²) in [6.45, 7) is 5.23. The SMILES string of the molecule is CC(C)(C)NC(=O)c1c(F)ccc(I)c1F. The van der Waals surface area contributed by atoms with Crippen LogP contribution in [0.3, 0.4) is 0 Å². The van der Waals surface area contributed by atoms with E-state index in [0.29, 0.717) is 0 Å². The molecule has 0 aromatic heterocycles. The van der Waals surface area contributed by atoms with Crippen LogP contribution in [0.2, 0.25) is 0 Å². The first kappa shape index (κ1) is 13.3. The molecule has 0 fully saturated rings. The molecule has 0 spiro atoms. The highest BCUT2D eigenvalue weighted by atomic mass is 127. The number of carbonyl (C=O) groups is 1.